The molecular formula is C10H17NO2. The van der Waals surface area contributed by atoms with Crippen LogP contribution < -0.4 is 5.32 Å². The Morgan fingerprint density at radius 2 is 2.38 bits per heavy atom. The van der Waals surface area contributed by atoms with Gasteiger partial charge in [0.2, 0.25) is 5.91 Å². The van der Waals surface area contributed by atoms with Gasteiger partial charge in [0.25, 0.3) is 0 Å². The molecule has 13 heavy (non-hydrogen) atoms. The lowest BCUT2D eigenvalue weighted by Gasteiger charge is -2.49. The number of hydrogen-bond donors (Lipinski definition) is 1. The highest BCUT2D eigenvalue weighted by molar-refractivity contribution is 5.76. The van der Waals surface area contributed by atoms with E-state index in [1.54, 1.807) is 0 Å². The largest absolute Gasteiger partial charge is 0.378 e. The fourth-order valence-corrected chi connectivity index (χ4v) is 2.45. The van der Waals surface area contributed by atoms with E-state index in [4.69, 9.17) is 4.74 Å². The first-order valence-corrected chi connectivity index (χ1v) is 5.12. The summed E-state index contributed by atoms with van der Waals surface area (Å²) < 4.78 is 5.52. The topological polar surface area (TPSA) is 38.3 Å². The van der Waals surface area contributed by atoms with Crippen molar-refractivity contribution in [2.75, 3.05) is 13.2 Å². The summed E-state index contributed by atoms with van der Waals surface area (Å²) in [4.78, 5) is 11.0. The summed E-state index contributed by atoms with van der Waals surface area (Å²) in [6.45, 7) is 3.72. The predicted molar refractivity (Wildman–Crippen MR) is 49.3 cm³/mol. The third-order valence-electron chi connectivity index (χ3n) is 3.27. The monoisotopic (exact) mass is 183 g/mol. The van der Waals surface area contributed by atoms with Crippen molar-refractivity contribution in [2.45, 2.75) is 38.7 Å². The summed E-state index contributed by atoms with van der Waals surface area (Å²) in [5, 5.41) is 2.94. The molecule has 1 aliphatic heterocycles. The molecule has 3 heteroatoms. The summed E-state index contributed by atoms with van der Waals surface area (Å²) >= 11 is 0. The molecule has 1 aliphatic carbocycles. The van der Waals surface area contributed by atoms with Crippen molar-refractivity contribution < 1.29 is 9.53 Å². The van der Waals surface area contributed by atoms with E-state index in [0.717, 1.165) is 32.4 Å². The van der Waals surface area contributed by atoms with E-state index in [9.17, 15) is 4.79 Å². The normalized spacial score (nSPS) is 38.5. The highest BCUT2D eigenvalue weighted by atomic mass is 16.5. The second kappa shape index (κ2) is 3.29. The summed E-state index contributed by atoms with van der Waals surface area (Å²) in [7, 11) is 0. The van der Waals surface area contributed by atoms with Gasteiger partial charge in [-0.25, -0.2) is 0 Å². The summed E-state index contributed by atoms with van der Waals surface area (Å²) in [6.07, 6.45) is 4.50. The summed E-state index contributed by atoms with van der Waals surface area (Å²) in [6, 6.07) is 0. The maximum atomic E-state index is 11.0. The average Bonchev–Trinajstić information content (AvgIpc) is 2.07. The Labute approximate surface area is 78.8 Å². The minimum atomic E-state index is 0.213. The van der Waals surface area contributed by atoms with Crippen LogP contribution in [0, 0.1) is 5.41 Å². The molecule has 0 unspecified atom stereocenters. The second-order valence-electron chi connectivity index (χ2n) is 4.26. The predicted octanol–water partition coefficient (Wildman–Crippen LogP) is 1.08. The smallest absolute Gasteiger partial charge is 0.220 e. The number of piperidine rings is 1. The van der Waals surface area contributed by atoms with E-state index in [0.29, 0.717) is 17.9 Å². The van der Waals surface area contributed by atoms with Crippen LogP contribution in [-0.4, -0.2) is 25.2 Å². The lowest BCUT2D eigenvalue weighted by Crippen LogP contribution is -2.53. The molecule has 1 spiro atoms. The zero-order chi connectivity index (χ0) is 9.31. The Morgan fingerprint density at radius 3 is 2.92 bits per heavy atom. The molecule has 2 aliphatic rings. The van der Waals surface area contributed by atoms with Gasteiger partial charge in [-0.05, 0) is 31.6 Å². The van der Waals surface area contributed by atoms with Crippen LogP contribution in [0.2, 0.25) is 0 Å². The van der Waals surface area contributed by atoms with Crippen LogP contribution >= 0.6 is 0 Å². The lowest BCUT2D eigenvalue weighted by molar-refractivity contribution is -0.132. The minimum absolute atomic E-state index is 0.213. The molecule has 2 fully saturated rings. The Bertz CT molecular complexity index is 197. The van der Waals surface area contributed by atoms with Gasteiger partial charge >= 0.3 is 0 Å². The molecule has 0 atom stereocenters. The molecule has 74 valence electrons. The van der Waals surface area contributed by atoms with Crippen molar-refractivity contribution in [1.82, 2.24) is 5.32 Å². The summed E-state index contributed by atoms with van der Waals surface area (Å²) in [5.74, 6) is 0.213. The first-order chi connectivity index (χ1) is 6.24. The molecule has 0 aromatic heterocycles. The third kappa shape index (κ3) is 1.70. The molecule has 0 aromatic carbocycles. The second-order valence-corrected chi connectivity index (χ2v) is 4.26. The van der Waals surface area contributed by atoms with Crippen molar-refractivity contribution in [3.8, 4) is 0 Å². The van der Waals surface area contributed by atoms with Crippen LogP contribution in [-0.2, 0) is 9.53 Å². The molecule has 1 saturated carbocycles. The molecule has 1 saturated heterocycles. The van der Waals surface area contributed by atoms with Crippen molar-refractivity contribution >= 4 is 5.91 Å². The SMILES string of the molecule is CCOC1CC2(CCC(=O)NC2)C1. The minimum Gasteiger partial charge on any atom is -0.378 e. The zero-order valence-corrected chi connectivity index (χ0v) is 8.14. The first-order valence-electron chi connectivity index (χ1n) is 5.12. The number of amides is 1. The van der Waals surface area contributed by atoms with Crippen LogP contribution in [0.4, 0.5) is 0 Å². The quantitative estimate of drug-likeness (QED) is 0.695. The Kier molecular flexibility index (Phi) is 2.28. The average molecular weight is 183 g/mol. The molecule has 1 amide bonds. The van der Waals surface area contributed by atoms with Crippen molar-refractivity contribution in [3.05, 3.63) is 0 Å². The van der Waals surface area contributed by atoms with Gasteiger partial charge in [-0.15, -0.1) is 0 Å². The van der Waals surface area contributed by atoms with Crippen LogP contribution in [0.3, 0.4) is 0 Å². The molecular weight excluding hydrogens is 166 g/mol. The standard InChI is InChI=1S/C10H17NO2/c1-2-13-8-5-10(6-8)4-3-9(12)11-7-10/h8H,2-7H2,1H3,(H,11,12). The van der Waals surface area contributed by atoms with E-state index in [1.807, 2.05) is 6.92 Å². The highest BCUT2D eigenvalue weighted by Gasteiger charge is 2.46. The number of rotatable bonds is 2. The third-order valence-corrected chi connectivity index (χ3v) is 3.27. The molecule has 1 N–H and O–H groups in total. The highest BCUT2D eigenvalue weighted by Crippen LogP contribution is 2.47. The number of carbonyl (C=O) groups is 1. The fraction of sp³-hybridized carbons (Fsp3) is 0.900. The van der Waals surface area contributed by atoms with Gasteiger partial charge in [-0.3, -0.25) is 4.79 Å². The number of hydrogen-bond acceptors (Lipinski definition) is 2. The Balaban J connectivity index is 1.79. The maximum Gasteiger partial charge on any atom is 0.220 e. The fourth-order valence-electron chi connectivity index (χ4n) is 2.45. The van der Waals surface area contributed by atoms with Crippen molar-refractivity contribution in [2.24, 2.45) is 5.41 Å². The van der Waals surface area contributed by atoms with E-state index in [1.165, 1.54) is 0 Å². The van der Waals surface area contributed by atoms with Crippen LogP contribution in [0.5, 0.6) is 0 Å². The van der Waals surface area contributed by atoms with Gasteiger partial charge in [-0.1, -0.05) is 0 Å². The summed E-state index contributed by atoms with van der Waals surface area (Å²) in [5.41, 5.74) is 0.397. The Hall–Kier alpha value is -0.570. The lowest BCUT2D eigenvalue weighted by atomic mass is 9.63. The zero-order valence-electron chi connectivity index (χ0n) is 8.14. The van der Waals surface area contributed by atoms with E-state index >= 15 is 0 Å². The van der Waals surface area contributed by atoms with Gasteiger partial charge < -0.3 is 10.1 Å². The Morgan fingerprint density at radius 1 is 1.62 bits per heavy atom. The first kappa shape index (κ1) is 9.00. The van der Waals surface area contributed by atoms with E-state index < -0.39 is 0 Å². The van der Waals surface area contributed by atoms with Gasteiger partial charge in [0, 0.05) is 19.6 Å². The van der Waals surface area contributed by atoms with Crippen LogP contribution in [0.25, 0.3) is 0 Å². The van der Waals surface area contributed by atoms with E-state index in [2.05, 4.69) is 5.32 Å². The molecule has 1 heterocycles. The molecule has 0 bridgehead atoms. The molecule has 2 rings (SSSR count). The van der Waals surface area contributed by atoms with Crippen molar-refractivity contribution in [3.63, 3.8) is 0 Å². The van der Waals surface area contributed by atoms with Crippen molar-refractivity contribution in [1.29, 1.82) is 0 Å². The van der Waals surface area contributed by atoms with Gasteiger partial charge in [0.15, 0.2) is 0 Å². The van der Waals surface area contributed by atoms with Crippen LogP contribution in [0.1, 0.15) is 32.6 Å². The van der Waals surface area contributed by atoms with E-state index in [-0.39, 0.29) is 5.91 Å². The maximum absolute atomic E-state index is 11.0. The molecule has 0 radical (unpaired) electrons. The molecule has 3 nitrogen and oxygen atoms in total. The number of carbonyl (C=O) groups excluding carboxylic acids is 1. The van der Waals surface area contributed by atoms with Gasteiger partial charge in [0.05, 0.1) is 6.10 Å². The van der Waals surface area contributed by atoms with Gasteiger partial charge in [0.1, 0.15) is 0 Å². The number of nitrogens with one attached hydrogen (secondary N) is 1. The van der Waals surface area contributed by atoms with Gasteiger partial charge in [-0.2, -0.15) is 0 Å². The molecule has 0 aromatic rings. The number of ether oxygens (including phenoxy) is 1. The van der Waals surface area contributed by atoms with Crippen LogP contribution in [0.15, 0.2) is 0 Å².